The average Bonchev–Trinajstić information content (AvgIpc) is 2.83. The van der Waals surface area contributed by atoms with E-state index < -0.39 is 11.6 Å². The van der Waals surface area contributed by atoms with Gasteiger partial charge in [-0.15, -0.1) is 10.2 Å². The van der Waals surface area contributed by atoms with Crippen LogP contribution in [0.2, 0.25) is 0 Å². The third-order valence-electron chi connectivity index (χ3n) is 2.20. The lowest BCUT2D eigenvalue weighted by Crippen LogP contribution is -1.94. The summed E-state index contributed by atoms with van der Waals surface area (Å²) in [6, 6.07) is 1.96. The Hall–Kier alpha value is -2.09. The molecule has 2 N–H and O–H groups in total. The fourth-order valence-electron chi connectivity index (χ4n) is 1.40. The zero-order chi connectivity index (χ0) is 12.0. The minimum absolute atomic E-state index is 0.118. The van der Waals surface area contributed by atoms with E-state index in [1.165, 1.54) is 16.9 Å². The zero-order valence-electron chi connectivity index (χ0n) is 8.26. The van der Waals surface area contributed by atoms with Crippen LogP contribution in [0, 0.1) is 11.6 Å². The Bertz CT molecular complexity index is 676. The third-order valence-corrected chi connectivity index (χ3v) is 3.15. The molecule has 5 nitrogen and oxygen atoms in total. The van der Waals surface area contributed by atoms with E-state index in [9.17, 15) is 8.78 Å². The van der Waals surface area contributed by atoms with Gasteiger partial charge < -0.3 is 5.73 Å². The van der Waals surface area contributed by atoms with E-state index in [4.69, 9.17) is 5.73 Å². The molecule has 0 aliphatic carbocycles. The first-order chi connectivity index (χ1) is 8.15. The van der Waals surface area contributed by atoms with Gasteiger partial charge in [0.05, 0.1) is 11.3 Å². The summed E-state index contributed by atoms with van der Waals surface area (Å²) in [5.41, 5.74) is 5.43. The van der Waals surface area contributed by atoms with E-state index in [-0.39, 0.29) is 11.3 Å². The number of anilines is 1. The molecular weight excluding hydrogens is 248 g/mol. The molecule has 0 amide bonds. The van der Waals surface area contributed by atoms with Gasteiger partial charge in [-0.25, -0.2) is 8.78 Å². The predicted octanol–water partition coefficient (Wildman–Crippen LogP) is 1.71. The van der Waals surface area contributed by atoms with Crippen molar-refractivity contribution in [2.45, 2.75) is 0 Å². The van der Waals surface area contributed by atoms with Crippen molar-refractivity contribution in [2.24, 2.45) is 0 Å². The second kappa shape index (κ2) is 3.45. The minimum atomic E-state index is -0.783. The van der Waals surface area contributed by atoms with E-state index in [1.807, 2.05) is 0 Å². The summed E-state index contributed by atoms with van der Waals surface area (Å²) in [7, 11) is 0. The van der Waals surface area contributed by atoms with Gasteiger partial charge in [0, 0.05) is 6.07 Å². The topological polar surface area (TPSA) is 69.1 Å². The number of hydrogen-bond acceptors (Lipinski definition) is 5. The summed E-state index contributed by atoms with van der Waals surface area (Å²) < 4.78 is 28.0. The molecule has 0 spiro atoms. The highest BCUT2D eigenvalue weighted by molar-refractivity contribution is 7.19. The summed E-state index contributed by atoms with van der Waals surface area (Å²) >= 11 is 1.15. The van der Waals surface area contributed by atoms with Crippen LogP contribution in [0.3, 0.4) is 0 Å². The Kier molecular flexibility index (Phi) is 2.05. The quantitative estimate of drug-likeness (QED) is 0.670. The van der Waals surface area contributed by atoms with Gasteiger partial charge in [0.1, 0.15) is 18.0 Å². The van der Waals surface area contributed by atoms with E-state index in [0.29, 0.717) is 9.97 Å². The van der Waals surface area contributed by atoms with Crippen LogP contribution >= 0.6 is 11.3 Å². The van der Waals surface area contributed by atoms with Crippen LogP contribution in [0.1, 0.15) is 0 Å². The Labute approximate surface area is 97.5 Å². The minimum Gasteiger partial charge on any atom is -0.396 e. The van der Waals surface area contributed by atoms with Gasteiger partial charge in [-0.2, -0.15) is 9.61 Å². The fourth-order valence-corrected chi connectivity index (χ4v) is 2.24. The molecule has 0 aliphatic rings. The Morgan fingerprint density at radius 1 is 1.24 bits per heavy atom. The van der Waals surface area contributed by atoms with Crippen LogP contribution in [0.5, 0.6) is 0 Å². The number of aromatic nitrogens is 4. The standard InChI is InChI=1S/C9H5F2N5S/c10-5-2-6(11)7(12)1-4(5)8-15-16-3-13-14-9(16)17-8/h1-3H,12H2. The summed E-state index contributed by atoms with van der Waals surface area (Å²) in [6.07, 6.45) is 1.40. The van der Waals surface area contributed by atoms with Gasteiger partial charge in [0.2, 0.25) is 4.96 Å². The largest absolute Gasteiger partial charge is 0.396 e. The van der Waals surface area contributed by atoms with Gasteiger partial charge >= 0.3 is 0 Å². The summed E-state index contributed by atoms with van der Waals surface area (Å²) in [6.45, 7) is 0. The predicted molar refractivity (Wildman–Crippen MR) is 58.4 cm³/mol. The average molecular weight is 253 g/mol. The summed E-state index contributed by atoms with van der Waals surface area (Å²) in [5, 5.41) is 11.8. The highest BCUT2D eigenvalue weighted by atomic mass is 32.1. The molecule has 0 aliphatic heterocycles. The Morgan fingerprint density at radius 3 is 2.82 bits per heavy atom. The number of halogens is 2. The van der Waals surface area contributed by atoms with Crippen molar-refractivity contribution in [2.75, 3.05) is 5.73 Å². The maximum Gasteiger partial charge on any atom is 0.234 e. The normalized spacial score (nSPS) is 11.2. The van der Waals surface area contributed by atoms with Gasteiger partial charge in [-0.3, -0.25) is 0 Å². The molecular formula is C9H5F2N5S. The molecule has 0 atom stereocenters. The van der Waals surface area contributed by atoms with Crippen molar-refractivity contribution in [3.05, 3.63) is 30.1 Å². The van der Waals surface area contributed by atoms with E-state index in [1.54, 1.807) is 0 Å². The molecule has 0 fully saturated rings. The SMILES string of the molecule is Nc1cc(-c2nn3cnnc3s2)c(F)cc1F. The van der Waals surface area contributed by atoms with Crippen LogP contribution < -0.4 is 5.73 Å². The first-order valence-corrected chi connectivity index (χ1v) is 5.38. The second-order valence-corrected chi connectivity index (χ2v) is 4.27. The molecule has 1 aromatic carbocycles. The van der Waals surface area contributed by atoms with Crippen molar-refractivity contribution >= 4 is 22.0 Å². The van der Waals surface area contributed by atoms with Crippen LogP contribution in [-0.4, -0.2) is 19.8 Å². The summed E-state index contributed by atoms with van der Waals surface area (Å²) in [5.74, 6) is -1.49. The number of fused-ring (bicyclic) bond motifs is 1. The van der Waals surface area contributed by atoms with Crippen LogP contribution in [0.25, 0.3) is 15.5 Å². The van der Waals surface area contributed by atoms with Crippen molar-refractivity contribution in [3.63, 3.8) is 0 Å². The highest BCUT2D eigenvalue weighted by Crippen LogP contribution is 2.29. The lowest BCUT2D eigenvalue weighted by molar-refractivity contribution is 0.588. The molecule has 0 radical (unpaired) electrons. The van der Waals surface area contributed by atoms with E-state index >= 15 is 0 Å². The number of nitrogens with two attached hydrogens (primary N) is 1. The van der Waals surface area contributed by atoms with E-state index in [0.717, 1.165) is 17.4 Å². The lowest BCUT2D eigenvalue weighted by Gasteiger charge is -2.01. The summed E-state index contributed by atoms with van der Waals surface area (Å²) in [4.78, 5) is 0.530. The molecule has 17 heavy (non-hydrogen) atoms. The molecule has 2 aromatic heterocycles. The zero-order valence-corrected chi connectivity index (χ0v) is 9.08. The number of hydrogen-bond donors (Lipinski definition) is 1. The van der Waals surface area contributed by atoms with E-state index in [2.05, 4.69) is 15.3 Å². The van der Waals surface area contributed by atoms with Crippen molar-refractivity contribution in [1.29, 1.82) is 0 Å². The molecule has 0 saturated heterocycles. The number of nitrogens with zero attached hydrogens (tertiary/aromatic N) is 4. The smallest absolute Gasteiger partial charge is 0.234 e. The molecule has 0 saturated carbocycles. The van der Waals surface area contributed by atoms with Crippen LogP contribution in [0.4, 0.5) is 14.5 Å². The number of rotatable bonds is 1. The number of benzene rings is 1. The molecule has 3 rings (SSSR count). The van der Waals surface area contributed by atoms with Crippen LogP contribution in [0.15, 0.2) is 18.5 Å². The first kappa shape index (κ1) is 10.1. The fraction of sp³-hybridized carbons (Fsp3) is 0. The van der Waals surface area contributed by atoms with Gasteiger partial charge in [-0.05, 0) is 6.07 Å². The molecule has 0 bridgehead atoms. The first-order valence-electron chi connectivity index (χ1n) is 4.57. The van der Waals surface area contributed by atoms with Gasteiger partial charge in [-0.1, -0.05) is 11.3 Å². The molecule has 2 heterocycles. The molecule has 0 unspecified atom stereocenters. The highest BCUT2D eigenvalue weighted by Gasteiger charge is 2.14. The van der Waals surface area contributed by atoms with Gasteiger partial charge in [0.15, 0.2) is 5.01 Å². The second-order valence-electron chi connectivity index (χ2n) is 3.32. The Morgan fingerprint density at radius 2 is 2.06 bits per heavy atom. The maximum atomic E-state index is 13.6. The molecule has 86 valence electrons. The lowest BCUT2D eigenvalue weighted by atomic mass is 10.2. The van der Waals surface area contributed by atoms with Crippen molar-refractivity contribution in [3.8, 4) is 10.6 Å². The Balaban J connectivity index is 2.21. The van der Waals surface area contributed by atoms with Gasteiger partial charge in [0.25, 0.3) is 0 Å². The molecule has 8 heteroatoms. The number of nitrogen functional groups attached to an aromatic ring is 1. The monoisotopic (exact) mass is 253 g/mol. The van der Waals surface area contributed by atoms with Crippen molar-refractivity contribution < 1.29 is 8.78 Å². The maximum absolute atomic E-state index is 13.6. The van der Waals surface area contributed by atoms with Crippen molar-refractivity contribution in [1.82, 2.24) is 19.8 Å². The molecule has 3 aromatic rings. The third kappa shape index (κ3) is 1.53. The van der Waals surface area contributed by atoms with Crippen LogP contribution in [-0.2, 0) is 0 Å².